The molecular formula is C41H66O11. The Morgan fingerprint density at radius 3 is 2.17 bits per heavy atom. The molecule has 6 N–H and O–H groups in total. The zero-order chi connectivity index (χ0) is 38.0. The van der Waals surface area contributed by atoms with E-state index < -0.39 is 66.7 Å². The van der Waals surface area contributed by atoms with E-state index in [1.54, 1.807) is 6.92 Å². The smallest absolute Gasteiger partial charge is 0.310 e. The van der Waals surface area contributed by atoms with Crippen LogP contribution in [0.3, 0.4) is 0 Å². The van der Waals surface area contributed by atoms with Gasteiger partial charge in [-0.05, 0) is 116 Å². The summed E-state index contributed by atoms with van der Waals surface area (Å²) in [6.45, 7) is 18.1. The number of carboxylic acids is 1. The number of aliphatic carboxylic acids is 1. The summed E-state index contributed by atoms with van der Waals surface area (Å²) < 4.78 is 24.5. The fraction of sp³-hybridized carbons (Fsp3) is 0.927. The van der Waals surface area contributed by atoms with Gasteiger partial charge >= 0.3 is 5.97 Å². The minimum absolute atomic E-state index is 0.0146. The van der Waals surface area contributed by atoms with E-state index in [2.05, 4.69) is 54.5 Å². The molecule has 7 rings (SSSR count). The fourth-order valence-corrected chi connectivity index (χ4v) is 13.3. The summed E-state index contributed by atoms with van der Waals surface area (Å²) in [6.07, 6.45) is -0.253. The van der Waals surface area contributed by atoms with Gasteiger partial charge in [0.15, 0.2) is 12.6 Å². The minimum atomic E-state index is -1.58. The molecule has 17 atom stereocenters. The molecular weight excluding hydrogens is 668 g/mol. The van der Waals surface area contributed by atoms with Gasteiger partial charge in [0.05, 0.1) is 24.2 Å². The van der Waals surface area contributed by atoms with Crippen molar-refractivity contribution in [3.63, 3.8) is 0 Å². The zero-order valence-electron chi connectivity index (χ0n) is 32.6. The van der Waals surface area contributed by atoms with Gasteiger partial charge in [0.2, 0.25) is 0 Å². The third-order valence-electron chi connectivity index (χ3n) is 16.8. The van der Waals surface area contributed by atoms with Gasteiger partial charge in [-0.3, -0.25) is 4.79 Å². The molecule has 4 saturated carbocycles. The first-order valence-corrected chi connectivity index (χ1v) is 20.1. The molecule has 0 aromatic rings. The number of carbonyl (C=O) groups is 1. The number of hydrogen-bond donors (Lipinski definition) is 6. The van der Waals surface area contributed by atoms with Crippen LogP contribution in [-0.4, -0.2) is 105 Å². The predicted octanol–water partition coefficient (Wildman–Crippen LogP) is 4.55. The predicted molar refractivity (Wildman–Crippen MR) is 191 cm³/mol. The number of carboxylic acid groups (broad SMARTS) is 1. The van der Waals surface area contributed by atoms with Crippen molar-refractivity contribution in [1.29, 1.82) is 0 Å². The van der Waals surface area contributed by atoms with Gasteiger partial charge in [-0.25, -0.2) is 0 Å². The molecule has 2 heterocycles. The van der Waals surface area contributed by atoms with E-state index in [1.807, 2.05) is 0 Å². The second kappa shape index (κ2) is 12.9. The molecule has 52 heavy (non-hydrogen) atoms. The van der Waals surface area contributed by atoms with Crippen molar-refractivity contribution in [3.8, 4) is 0 Å². The van der Waals surface area contributed by atoms with Crippen LogP contribution in [0.15, 0.2) is 11.6 Å². The maximum absolute atomic E-state index is 13.0. The summed E-state index contributed by atoms with van der Waals surface area (Å²) in [5, 5.41) is 63.6. The van der Waals surface area contributed by atoms with Gasteiger partial charge in [0, 0.05) is 0 Å². The first kappa shape index (κ1) is 39.1. The number of aliphatic hydroxyl groups excluding tert-OH is 5. The lowest BCUT2D eigenvalue weighted by molar-refractivity contribution is -0.364. The van der Waals surface area contributed by atoms with Crippen LogP contribution in [0.1, 0.15) is 120 Å². The standard InChI is InChI=1S/C41H66O11/c1-21-28(43)30(45)31(46)33(50-21)52-32-29(44)24(42)20-49-34(32)51-27-12-13-38(6)25(37(27,4)5)11-14-40(8)26(38)10-9-22-23-19-36(2,3)15-17-41(23,35(47)48)18-16-39(22,40)7/h9,21,23-34,42-46H,10-20H2,1-8H3,(H,47,48)/t21-,23+,24-,25-,26+,27-,28-,29-,30+,31+,32+,33-,34-,38-,39+,40+,41-/m0/s1. The molecule has 0 unspecified atom stereocenters. The van der Waals surface area contributed by atoms with E-state index in [9.17, 15) is 35.4 Å². The number of rotatable bonds is 5. The van der Waals surface area contributed by atoms with Gasteiger partial charge in [-0.1, -0.05) is 60.1 Å². The van der Waals surface area contributed by atoms with Crippen LogP contribution in [0, 0.1) is 50.2 Å². The molecule has 5 aliphatic carbocycles. The van der Waals surface area contributed by atoms with Crippen LogP contribution in [0.5, 0.6) is 0 Å². The molecule has 0 radical (unpaired) electrons. The monoisotopic (exact) mass is 734 g/mol. The number of allylic oxidation sites excluding steroid dienone is 2. The molecule has 0 amide bonds. The van der Waals surface area contributed by atoms with E-state index in [4.69, 9.17) is 18.9 Å². The minimum Gasteiger partial charge on any atom is -0.481 e. The summed E-state index contributed by atoms with van der Waals surface area (Å²) in [5.74, 6) is 0.219. The summed E-state index contributed by atoms with van der Waals surface area (Å²) in [6, 6.07) is 0. The highest BCUT2D eigenvalue weighted by Gasteiger charge is 2.69. The Bertz CT molecular complexity index is 1410. The van der Waals surface area contributed by atoms with E-state index in [0.29, 0.717) is 11.8 Å². The second-order valence-corrected chi connectivity index (χ2v) is 20.2. The van der Waals surface area contributed by atoms with E-state index in [-0.39, 0.29) is 45.7 Å². The number of ether oxygens (including phenoxy) is 4. The number of hydrogen-bond acceptors (Lipinski definition) is 10. The Balaban J connectivity index is 1.13. The lowest BCUT2D eigenvalue weighted by Gasteiger charge is -2.71. The van der Waals surface area contributed by atoms with Crippen molar-refractivity contribution in [2.24, 2.45) is 50.2 Å². The molecule has 7 aliphatic rings. The highest BCUT2D eigenvalue weighted by Crippen LogP contribution is 2.76. The fourth-order valence-electron chi connectivity index (χ4n) is 13.3. The molecule has 0 aromatic carbocycles. The van der Waals surface area contributed by atoms with Crippen LogP contribution in [0.2, 0.25) is 0 Å². The van der Waals surface area contributed by atoms with Gasteiger partial charge < -0.3 is 49.6 Å². The molecule has 6 fully saturated rings. The van der Waals surface area contributed by atoms with Crippen LogP contribution < -0.4 is 0 Å². The van der Waals surface area contributed by atoms with Crippen LogP contribution in [0.25, 0.3) is 0 Å². The summed E-state index contributed by atoms with van der Waals surface area (Å²) in [5.41, 5.74) is 0.579. The van der Waals surface area contributed by atoms with Crippen molar-refractivity contribution in [1.82, 2.24) is 0 Å². The highest BCUT2D eigenvalue weighted by atomic mass is 16.8. The molecule has 296 valence electrons. The molecule has 11 heteroatoms. The van der Waals surface area contributed by atoms with Crippen molar-refractivity contribution < 1.29 is 54.4 Å². The molecule has 0 spiro atoms. The molecule has 11 nitrogen and oxygen atoms in total. The lowest BCUT2D eigenvalue weighted by Crippen LogP contribution is -2.66. The SMILES string of the molecule is C[C@@H]1O[C@@H](O[C@H]2[C@H](O[C@H]3CC[C@]4(C)[C@H]5CC=C6[C@H]7CC(C)(C)CC[C@]7(C(=O)O)CC[C@@]6(C)[C@]5(C)CC[C@H]4C3(C)C)OC[C@H](O)[C@@H]2O)[C@H](O)[C@H](O)[C@H]1O. The largest absolute Gasteiger partial charge is 0.481 e. The van der Waals surface area contributed by atoms with Gasteiger partial charge in [0.1, 0.15) is 36.6 Å². The highest BCUT2D eigenvalue weighted by molar-refractivity contribution is 5.76. The summed E-state index contributed by atoms with van der Waals surface area (Å²) in [4.78, 5) is 13.0. The quantitative estimate of drug-likeness (QED) is 0.173. The Labute approximate surface area is 309 Å². The third-order valence-corrected chi connectivity index (χ3v) is 16.8. The Kier molecular flexibility index (Phi) is 9.74. The molecule has 0 bridgehead atoms. The van der Waals surface area contributed by atoms with Crippen LogP contribution in [-0.2, 0) is 23.7 Å². The van der Waals surface area contributed by atoms with Crippen LogP contribution in [0.4, 0.5) is 0 Å². The maximum Gasteiger partial charge on any atom is 0.310 e. The Morgan fingerprint density at radius 1 is 0.788 bits per heavy atom. The third kappa shape index (κ3) is 5.64. The van der Waals surface area contributed by atoms with Crippen LogP contribution >= 0.6 is 0 Å². The second-order valence-electron chi connectivity index (χ2n) is 20.2. The van der Waals surface area contributed by atoms with Gasteiger partial charge in [0.25, 0.3) is 0 Å². The average molecular weight is 735 g/mol. The average Bonchev–Trinajstić information content (AvgIpc) is 3.06. The lowest BCUT2D eigenvalue weighted by atomic mass is 9.33. The first-order valence-electron chi connectivity index (χ1n) is 20.1. The first-order chi connectivity index (χ1) is 24.1. The Hall–Kier alpha value is -1.15. The van der Waals surface area contributed by atoms with E-state index in [1.165, 1.54) is 5.57 Å². The Morgan fingerprint density at radius 2 is 1.48 bits per heavy atom. The van der Waals surface area contributed by atoms with Gasteiger partial charge in [-0.2, -0.15) is 0 Å². The molecule has 2 saturated heterocycles. The topological polar surface area (TPSA) is 175 Å². The van der Waals surface area contributed by atoms with E-state index in [0.717, 1.165) is 64.2 Å². The summed E-state index contributed by atoms with van der Waals surface area (Å²) in [7, 11) is 0. The zero-order valence-corrected chi connectivity index (χ0v) is 32.6. The number of aliphatic hydroxyl groups is 5. The molecule has 2 aliphatic heterocycles. The van der Waals surface area contributed by atoms with Crippen molar-refractivity contribution >= 4 is 5.97 Å². The van der Waals surface area contributed by atoms with Crippen molar-refractivity contribution in [3.05, 3.63) is 11.6 Å². The van der Waals surface area contributed by atoms with Crippen molar-refractivity contribution in [2.75, 3.05) is 6.61 Å². The number of fused-ring (bicyclic) bond motifs is 7. The van der Waals surface area contributed by atoms with E-state index >= 15 is 0 Å². The summed E-state index contributed by atoms with van der Waals surface area (Å²) >= 11 is 0. The maximum atomic E-state index is 13.0. The normalized spacial score (nSPS) is 54.1. The van der Waals surface area contributed by atoms with Crippen molar-refractivity contribution in [2.45, 2.75) is 181 Å². The molecule has 0 aromatic heterocycles. The van der Waals surface area contributed by atoms with Gasteiger partial charge in [-0.15, -0.1) is 0 Å².